The molecule has 0 radical (unpaired) electrons. The lowest BCUT2D eigenvalue weighted by Crippen LogP contribution is -2.14. The second-order valence-electron chi connectivity index (χ2n) is 4.69. The highest BCUT2D eigenvalue weighted by molar-refractivity contribution is 9.10. The summed E-state index contributed by atoms with van der Waals surface area (Å²) in [5.41, 5.74) is 1.33. The van der Waals surface area contributed by atoms with Crippen molar-refractivity contribution in [2.24, 2.45) is 0 Å². The van der Waals surface area contributed by atoms with Crippen molar-refractivity contribution in [3.8, 4) is 17.2 Å². The number of benzene rings is 2. The second kappa shape index (κ2) is 7.87. The molecule has 0 unspecified atom stereocenters. The van der Waals surface area contributed by atoms with Crippen LogP contribution in [0.3, 0.4) is 0 Å². The summed E-state index contributed by atoms with van der Waals surface area (Å²) in [6.07, 6.45) is 0. The number of hydrogen-bond donors (Lipinski definition) is 1. The largest absolute Gasteiger partial charge is 0.497 e. The van der Waals surface area contributed by atoms with Gasteiger partial charge in [-0.25, -0.2) is 0 Å². The van der Waals surface area contributed by atoms with E-state index in [0.717, 1.165) is 10.2 Å². The van der Waals surface area contributed by atoms with Crippen LogP contribution in [0, 0.1) is 0 Å². The molecule has 0 aliphatic carbocycles. The topological polar surface area (TPSA) is 56.8 Å². The normalized spacial score (nSPS) is 10.1. The fourth-order valence-electron chi connectivity index (χ4n) is 2.06. The molecule has 0 aromatic heterocycles. The van der Waals surface area contributed by atoms with Crippen LogP contribution < -0.4 is 19.5 Å². The van der Waals surface area contributed by atoms with E-state index < -0.39 is 0 Å². The van der Waals surface area contributed by atoms with Crippen molar-refractivity contribution < 1.29 is 19.0 Å². The van der Waals surface area contributed by atoms with Crippen molar-refractivity contribution in [2.45, 2.75) is 0 Å². The van der Waals surface area contributed by atoms with Crippen LogP contribution in [0.2, 0.25) is 0 Å². The fraction of sp³-hybridized carbons (Fsp3) is 0.235. The van der Waals surface area contributed by atoms with Crippen molar-refractivity contribution in [3.63, 3.8) is 0 Å². The van der Waals surface area contributed by atoms with Gasteiger partial charge in [-0.2, -0.15) is 0 Å². The first-order valence-electron chi connectivity index (χ1n) is 6.91. The van der Waals surface area contributed by atoms with Gasteiger partial charge >= 0.3 is 0 Å². The van der Waals surface area contributed by atoms with E-state index in [2.05, 4.69) is 21.2 Å². The molecular formula is C17H18BrNO4. The Bertz CT molecular complexity index is 703. The van der Waals surface area contributed by atoms with Gasteiger partial charge in [0.25, 0.3) is 0 Å². The molecule has 0 fully saturated rings. The van der Waals surface area contributed by atoms with E-state index in [1.54, 1.807) is 51.7 Å². The fourth-order valence-corrected chi connectivity index (χ4v) is 2.60. The third-order valence-corrected chi connectivity index (χ3v) is 3.94. The Labute approximate surface area is 143 Å². The summed E-state index contributed by atoms with van der Waals surface area (Å²) >= 11 is 3.38. The summed E-state index contributed by atoms with van der Waals surface area (Å²) < 4.78 is 16.3. The lowest BCUT2D eigenvalue weighted by atomic mass is 10.1. The molecule has 0 bridgehead atoms. The Morgan fingerprint density at radius 2 is 1.74 bits per heavy atom. The molecule has 0 saturated heterocycles. The number of nitrogens with one attached hydrogen (secondary N) is 1. The predicted octanol–water partition coefficient (Wildman–Crippen LogP) is 3.77. The highest BCUT2D eigenvalue weighted by Gasteiger charge is 2.11. The first kappa shape index (κ1) is 17.1. The zero-order chi connectivity index (χ0) is 16.8. The number of halogens is 1. The Balaban J connectivity index is 2.08. The van der Waals surface area contributed by atoms with Crippen LogP contribution in [0.25, 0.3) is 0 Å². The minimum absolute atomic E-state index is 0.0359. The highest BCUT2D eigenvalue weighted by atomic mass is 79.9. The van der Waals surface area contributed by atoms with Gasteiger partial charge < -0.3 is 19.5 Å². The van der Waals surface area contributed by atoms with Crippen LogP contribution in [0.1, 0.15) is 10.4 Å². The van der Waals surface area contributed by atoms with Crippen LogP contribution in [0.15, 0.2) is 40.9 Å². The molecule has 0 spiro atoms. The third-order valence-electron chi connectivity index (χ3n) is 3.32. The van der Waals surface area contributed by atoms with Gasteiger partial charge in [-0.15, -0.1) is 0 Å². The van der Waals surface area contributed by atoms with Gasteiger partial charge in [0.2, 0.25) is 0 Å². The van der Waals surface area contributed by atoms with Gasteiger partial charge in [0.15, 0.2) is 5.78 Å². The number of ether oxygens (including phenoxy) is 3. The molecule has 0 heterocycles. The Hall–Kier alpha value is -2.21. The van der Waals surface area contributed by atoms with Crippen LogP contribution in [-0.2, 0) is 0 Å². The molecule has 0 aliphatic heterocycles. The van der Waals surface area contributed by atoms with E-state index in [4.69, 9.17) is 14.2 Å². The van der Waals surface area contributed by atoms with Gasteiger partial charge in [0.1, 0.15) is 17.2 Å². The maximum absolute atomic E-state index is 12.3. The maximum Gasteiger partial charge on any atom is 0.181 e. The number of hydrogen-bond acceptors (Lipinski definition) is 5. The number of Topliss-reactive ketones (excluding diaryl/α,β-unsaturated/α-hetero) is 1. The summed E-state index contributed by atoms with van der Waals surface area (Å²) in [7, 11) is 4.74. The first-order chi connectivity index (χ1) is 11.1. The van der Waals surface area contributed by atoms with Crippen LogP contribution in [-0.4, -0.2) is 33.7 Å². The minimum Gasteiger partial charge on any atom is -0.497 e. The Kier molecular flexibility index (Phi) is 5.87. The lowest BCUT2D eigenvalue weighted by Gasteiger charge is -2.12. The standard InChI is InChI=1S/C17H18BrNO4/c1-21-12-5-6-14(17(9-12)23-3)19-10-15(20)11-4-7-16(22-2)13(18)8-11/h4-9,19H,10H2,1-3H3. The molecule has 0 atom stereocenters. The average Bonchev–Trinajstić information content (AvgIpc) is 2.59. The van der Waals surface area contributed by atoms with E-state index in [9.17, 15) is 4.79 Å². The van der Waals surface area contributed by atoms with Crippen molar-refractivity contribution in [2.75, 3.05) is 33.2 Å². The molecule has 1 N–H and O–H groups in total. The molecule has 0 aliphatic rings. The number of methoxy groups -OCH3 is 3. The monoisotopic (exact) mass is 379 g/mol. The van der Waals surface area contributed by atoms with Gasteiger partial charge in [0, 0.05) is 11.6 Å². The molecular weight excluding hydrogens is 362 g/mol. The molecule has 2 aromatic rings. The highest BCUT2D eigenvalue weighted by Crippen LogP contribution is 2.29. The quantitative estimate of drug-likeness (QED) is 0.742. The van der Waals surface area contributed by atoms with E-state index >= 15 is 0 Å². The zero-order valence-corrected chi connectivity index (χ0v) is 14.8. The molecule has 0 saturated carbocycles. The van der Waals surface area contributed by atoms with Crippen molar-refractivity contribution in [1.29, 1.82) is 0 Å². The minimum atomic E-state index is -0.0359. The van der Waals surface area contributed by atoms with Crippen molar-refractivity contribution in [1.82, 2.24) is 0 Å². The van der Waals surface area contributed by atoms with Gasteiger partial charge in [-0.3, -0.25) is 4.79 Å². The summed E-state index contributed by atoms with van der Waals surface area (Å²) in [4.78, 5) is 12.3. The SMILES string of the molecule is COc1ccc(NCC(=O)c2ccc(OC)c(Br)c2)c(OC)c1. The maximum atomic E-state index is 12.3. The molecule has 2 rings (SSSR count). The summed E-state index contributed by atoms with van der Waals surface area (Å²) in [6.45, 7) is 0.154. The number of rotatable bonds is 7. The van der Waals surface area contributed by atoms with Crippen LogP contribution >= 0.6 is 15.9 Å². The smallest absolute Gasteiger partial charge is 0.181 e. The summed E-state index contributed by atoms with van der Waals surface area (Å²) in [5, 5.41) is 3.09. The van der Waals surface area contributed by atoms with E-state index in [1.165, 1.54) is 0 Å². The van der Waals surface area contributed by atoms with Gasteiger partial charge in [-0.05, 0) is 46.3 Å². The summed E-state index contributed by atoms with van der Waals surface area (Å²) in [6, 6.07) is 10.6. The average molecular weight is 380 g/mol. The number of ketones is 1. The summed E-state index contributed by atoms with van der Waals surface area (Å²) in [5.74, 6) is 1.96. The number of carbonyl (C=O) groups is 1. The van der Waals surface area contributed by atoms with Crippen LogP contribution in [0.4, 0.5) is 5.69 Å². The molecule has 122 valence electrons. The Morgan fingerprint density at radius 3 is 2.35 bits per heavy atom. The first-order valence-corrected chi connectivity index (χ1v) is 7.71. The molecule has 6 heteroatoms. The zero-order valence-electron chi connectivity index (χ0n) is 13.2. The molecule has 2 aromatic carbocycles. The van der Waals surface area contributed by atoms with Crippen molar-refractivity contribution in [3.05, 3.63) is 46.4 Å². The molecule has 5 nitrogen and oxygen atoms in total. The number of carbonyl (C=O) groups excluding carboxylic acids is 1. The lowest BCUT2D eigenvalue weighted by molar-refractivity contribution is 0.101. The molecule has 0 amide bonds. The van der Waals surface area contributed by atoms with Crippen molar-refractivity contribution >= 4 is 27.4 Å². The van der Waals surface area contributed by atoms with E-state index in [-0.39, 0.29) is 12.3 Å². The number of anilines is 1. The third kappa shape index (κ3) is 4.16. The van der Waals surface area contributed by atoms with Crippen LogP contribution in [0.5, 0.6) is 17.2 Å². The van der Waals surface area contributed by atoms with Gasteiger partial charge in [0.05, 0.1) is 38.0 Å². The van der Waals surface area contributed by atoms with Gasteiger partial charge in [-0.1, -0.05) is 0 Å². The van der Waals surface area contributed by atoms with E-state index in [1.807, 2.05) is 6.07 Å². The predicted molar refractivity (Wildman–Crippen MR) is 93.1 cm³/mol. The van der Waals surface area contributed by atoms with E-state index in [0.29, 0.717) is 22.8 Å². The molecule has 23 heavy (non-hydrogen) atoms. The second-order valence-corrected chi connectivity index (χ2v) is 5.55. The Morgan fingerprint density at radius 1 is 1.00 bits per heavy atom.